The molecule has 9 nitrogen and oxygen atoms in total. The predicted octanol–water partition coefficient (Wildman–Crippen LogP) is 1.83. The summed E-state index contributed by atoms with van der Waals surface area (Å²) in [4.78, 5) is 32.3. The quantitative estimate of drug-likeness (QED) is 0.700. The summed E-state index contributed by atoms with van der Waals surface area (Å²) in [6.45, 7) is 4.32. The van der Waals surface area contributed by atoms with Crippen molar-refractivity contribution in [1.29, 1.82) is 0 Å². The molecule has 1 aromatic carbocycles. The average Bonchev–Trinajstić information content (AvgIpc) is 2.92. The monoisotopic (exact) mass is 342 g/mol. The Labute approximate surface area is 143 Å². The first-order valence-corrected chi connectivity index (χ1v) is 7.89. The van der Waals surface area contributed by atoms with E-state index in [4.69, 9.17) is 4.74 Å². The van der Waals surface area contributed by atoms with Crippen molar-refractivity contribution in [3.8, 4) is 0 Å². The van der Waals surface area contributed by atoms with Gasteiger partial charge in [0.1, 0.15) is 5.52 Å². The normalized spacial score (nSPS) is 10.8. The van der Waals surface area contributed by atoms with Gasteiger partial charge in [-0.15, -0.1) is 0 Å². The van der Waals surface area contributed by atoms with Crippen LogP contribution in [0.5, 0.6) is 0 Å². The molecule has 0 saturated heterocycles. The summed E-state index contributed by atoms with van der Waals surface area (Å²) in [5.41, 5.74) is 1.49. The third-order valence-electron chi connectivity index (χ3n) is 3.59. The van der Waals surface area contributed by atoms with Crippen LogP contribution >= 0.6 is 0 Å². The Balaban J connectivity index is 2.13. The molecule has 0 aliphatic rings. The van der Waals surface area contributed by atoms with E-state index in [1.165, 1.54) is 0 Å². The van der Waals surface area contributed by atoms with E-state index in [0.717, 1.165) is 5.39 Å². The van der Waals surface area contributed by atoms with Gasteiger partial charge in [-0.25, -0.2) is 19.6 Å². The van der Waals surface area contributed by atoms with Gasteiger partial charge >= 0.3 is 12.0 Å². The SMILES string of the molecule is CCNC(=O)Nc1ncc2ccc3c(C(=O)OCC)nn(C)c3c2n1. The van der Waals surface area contributed by atoms with Gasteiger partial charge in [0.15, 0.2) is 5.69 Å². The lowest BCUT2D eigenvalue weighted by Gasteiger charge is -2.06. The lowest BCUT2D eigenvalue weighted by Crippen LogP contribution is -2.29. The van der Waals surface area contributed by atoms with Crippen molar-refractivity contribution >= 4 is 39.8 Å². The molecule has 0 unspecified atom stereocenters. The predicted molar refractivity (Wildman–Crippen MR) is 92.5 cm³/mol. The number of aromatic nitrogens is 4. The molecule has 0 aliphatic heterocycles. The molecule has 2 heterocycles. The number of hydrogen-bond donors (Lipinski definition) is 2. The number of nitrogens with one attached hydrogen (secondary N) is 2. The summed E-state index contributed by atoms with van der Waals surface area (Å²) >= 11 is 0. The molecule has 2 amide bonds. The van der Waals surface area contributed by atoms with Crippen LogP contribution in [0.1, 0.15) is 24.3 Å². The van der Waals surface area contributed by atoms with E-state index in [-0.39, 0.29) is 24.3 Å². The topological polar surface area (TPSA) is 111 Å². The Morgan fingerprint density at radius 1 is 1.28 bits per heavy atom. The molecule has 130 valence electrons. The van der Waals surface area contributed by atoms with Crippen LogP contribution in [-0.2, 0) is 11.8 Å². The lowest BCUT2D eigenvalue weighted by molar-refractivity contribution is 0.0520. The molecule has 0 fully saturated rings. The summed E-state index contributed by atoms with van der Waals surface area (Å²) in [6.07, 6.45) is 1.61. The van der Waals surface area contributed by atoms with Crippen LogP contribution in [0.15, 0.2) is 18.3 Å². The number of benzene rings is 1. The minimum atomic E-state index is -0.484. The van der Waals surface area contributed by atoms with Crippen molar-refractivity contribution in [2.45, 2.75) is 13.8 Å². The Morgan fingerprint density at radius 3 is 2.80 bits per heavy atom. The number of aryl methyl sites for hydroxylation is 1. The van der Waals surface area contributed by atoms with E-state index in [2.05, 4.69) is 25.7 Å². The first kappa shape index (κ1) is 16.6. The van der Waals surface area contributed by atoms with Gasteiger partial charge in [0.05, 0.1) is 12.1 Å². The van der Waals surface area contributed by atoms with E-state index >= 15 is 0 Å². The highest BCUT2D eigenvalue weighted by Gasteiger charge is 2.19. The van der Waals surface area contributed by atoms with Crippen LogP contribution < -0.4 is 10.6 Å². The Kier molecular flexibility index (Phi) is 4.46. The van der Waals surface area contributed by atoms with Crippen LogP contribution in [0, 0.1) is 0 Å². The lowest BCUT2D eigenvalue weighted by atomic mass is 10.1. The van der Waals surface area contributed by atoms with Crippen LogP contribution in [-0.4, -0.2) is 44.9 Å². The van der Waals surface area contributed by atoms with Gasteiger partial charge in [0.2, 0.25) is 5.95 Å². The zero-order valence-electron chi connectivity index (χ0n) is 14.2. The number of nitrogens with zero attached hydrogens (tertiary/aromatic N) is 4. The maximum absolute atomic E-state index is 12.1. The summed E-state index contributed by atoms with van der Waals surface area (Å²) in [5, 5.41) is 10.9. The van der Waals surface area contributed by atoms with Crippen molar-refractivity contribution in [1.82, 2.24) is 25.1 Å². The van der Waals surface area contributed by atoms with E-state index in [9.17, 15) is 9.59 Å². The molecule has 3 aromatic rings. The van der Waals surface area contributed by atoms with Crippen molar-refractivity contribution in [2.75, 3.05) is 18.5 Å². The van der Waals surface area contributed by atoms with Gasteiger partial charge in [-0.05, 0) is 19.9 Å². The van der Waals surface area contributed by atoms with Gasteiger partial charge in [-0.2, -0.15) is 5.10 Å². The molecule has 0 saturated carbocycles. The first-order chi connectivity index (χ1) is 12.0. The summed E-state index contributed by atoms with van der Waals surface area (Å²) in [6, 6.07) is 3.21. The number of fused-ring (bicyclic) bond motifs is 3. The number of ether oxygens (including phenoxy) is 1. The molecule has 25 heavy (non-hydrogen) atoms. The fourth-order valence-electron chi connectivity index (χ4n) is 2.57. The number of anilines is 1. The van der Waals surface area contributed by atoms with E-state index < -0.39 is 5.97 Å². The van der Waals surface area contributed by atoms with Crippen LogP contribution in [0.25, 0.3) is 21.8 Å². The molecule has 0 bridgehead atoms. The zero-order valence-corrected chi connectivity index (χ0v) is 14.2. The van der Waals surface area contributed by atoms with E-state index in [0.29, 0.717) is 23.0 Å². The van der Waals surface area contributed by atoms with E-state index in [1.807, 2.05) is 6.92 Å². The number of rotatable bonds is 4. The maximum Gasteiger partial charge on any atom is 0.359 e. The van der Waals surface area contributed by atoms with E-state index in [1.54, 1.807) is 37.0 Å². The molecule has 0 atom stereocenters. The molecule has 0 aliphatic carbocycles. The van der Waals surface area contributed by atoms with Crippen molar-refractivity contribution in [3.05, 3.63) is 24.0 Å². The number of esters is 1. The number of carbonyl (C=O) groups is 2. The Hall–Kier alpha value is -3.23. The number of hydrogen-bond acceptors (Lipinski definition) is 6. The molecule has 2 N–H and O–H groups in total. The third-order valence-corrected chi connectivity index (χ3v) is 3.59. The van der Waals surface area contributed by atoms with Gasteiger partial charge in [-0.1, -0.05) is 6.07 Å². The second-order valence-corrected chi connectivity index (χ2v) is 5.27. The number of carbonyl (C=O) groups excluding carboxylic acids is 2. The largest absolute Gasteiger partial charge is 0.461 e. The minimum Gasteiger partial charge on any atom is -0.461 e. The van der Waals surface area contributed by atoms with Crippen LogP contribution in [0.4, 0.5) is 10.7 Å². The van der Waals surface area contributed by atoms with Gasteiger partial charge in [-0.3, -0.25) is 10.00 Å². The molecule has 3 rings (SSSR count). The first-order valence-electron chi connectivity index (χ1n) is 7.89. The summed E-state index contributed by atoms with van der Waals surface area (Å²) in [7, 11) is 1.73. The van der Waals surface area contributed by atoms with Crippen LogP contribution in [0.2, 0.25) is 0 Å². The molecular weight excluding hydrogens is 324 g/mol. The number of urea groups is 1. The highest BCUT2D eigenvalue weighted by Crippen LogP contribution is 2.26. The second-order valence-electron chi connectivity index (χ2n) is 5.27. The molecule has 0 radical (unpaired) electrons. The fraction of sp³-hybridized carbons (Fsp3) is 0.312. The second kappa shape index (κ2) is 6.71. The maximum atomic E-state index is 12.1. The van der Waals surface area contributed by atoms with Crippen molar-refractivity contribution in [2.24, 2.45) is 7.05 Å². The minimum absolute atomic E-state index is 0.171. The smallest absolute Gasteiger partial charge is 0.359 e. The number of amides is 2. The standard InChI is InChI=1S/C16H18N6O3/c1-4-17-16(24)20-15-18-8-9-6-7-10-12(14(23)25-5-2)21-22(3)13(10)11(9)19-15/h6-8H,4-5H2,1-3H3,(H2,17,18,19,20,24). The Morgan fingerprint density at radius 2 is 2.08 bits per heavy atom. The Bertz CT molecular complexity index is 965. The summed E-state index contributed by atoms with van der Waals surface area (Å²) in [5.74, 6) is -0.313. The zero-order chi connectivity index (χ0) is 18.0. The molecule has 2 aromatic heterocycles. The third kappa shape index (κ3) is 3.08. The summed E-state index contributed by atoms with van der Waals surface area (Å²) < 4.78 is 6.63. The molecule has 9 heteroatoms. The van der Waals surface area contributed by atoms with Gasteiger partial charge in [0.25, 0.3) is 0 Å². The van der Waals surface area contributed by atoms with Gasteiger partial charge < -0.3 is 10.1 Å². The van der Waals surface area contributed by atoms with Crippen molar-refractivity contribution < 1.29 is 14.3 Å². The highest BCUT2D eigenvalue weighted by atomic mass is 16.5. The van der Waals surface area contributed by atoms with Crippen molar-refractivity contribution in [3.63, 3.8) is 0 Å². The molecular formula is C16H18N6O3. The highest BCUT2D eigenvalue weighted by molar-refractivity contribution is 6.11. The average molecular weight is 342 g/mol. The fourth-order valence-corrected chi connectivity index (χ4v) is 2.57. The van der Waals surface area contributed by atoms with Gasteiger partial charge in [0, 0.05) is 30.6 Å². The van der Waals surface area contributed by atoms with Crippen LogP contribution in [0.3, 0.4) is 0 Å². The molecule has 0 spiro atoms.